The number of pyridine rings is 1. The van der Waals surface area contributed by atoms with E-state index in [1.807, 2.05) is 36.5 Å². The first kappa shape index (κ1) is 33.6. The molecule has 0 N–H and O–H groups in total. The lowest BCUT2D eigenvalue weighted by molar-refractivity contribution is 0.332. The molecule has 4 heteroatoms. The highest BCUT2D eigenvalue weighted by molar-refractivity contribution is 6.03. The van der Waals surface area contributed by atoms with Crippen LogP contribution >= 0.6 is 0 Å². The Kier molecular flexibility index (Phi) is 8.27. The molecule has 0 atom stereocenters. The summed E-state index contributed by atoms with van der Waals surface area (Å²) in [6, 6.07) is 53.5. The zero-order chi connectivity index (χ0) is 36.9. The van der Waals surface area contributed by atoms with E-state index in [4.69, 9.17) is 15.0 Å². The van der Waals surface area contributed by atoms with Gasteiger partial charge in [0.15, 0.2) is 17.5 Å². The summed E-state index contributed by atoms with van der Waals surface area (Å²) in [5.41, 5.74) is 12.6. The van der Waals surface area contributed by atoms with Crippen molar-refractivity contribution in [3.8, 4) is 67.7 Å². The van der Waals surface area contributed by atoms with Crippen molar-refractivity contribution in [3.05, 3.63) is 169 Å². The van der Waals surface area contributed by atoms with Gasteiger partial charge in [-0.05, 0) is 104 Å². The second kappa shape index (κ2) is 13.3. The molecule has 2 heterocycles. The highest BCUT2D eigenvalue weighted by atomic mass is 15.0. The summed E-state index contributed by atoms with van der Waals surface area (Å²) >= 11 is 0. The van der Waals surface area contributed by atoms with Gasteiger partial charge in [0.25, 0.3) is 0 Å². The van der Waals surface area contributed by atoms with Crippen LogP contribution in [0.5, 0.6) is 0 Å². The Morgan fingerprint density at radius 3 is 1.61 bits per heavy atom. The Bertz CT molecular complexity index is 2650. The summed E-state index contributed by atoms with van der Waals surface area (Å²) < 4.78 is 0. The Labute approximate surface area is 317 Å². The highest BCUT2D eigenvalue weighted by Gasteiger charge is 2.37. The minimum atomic E-state index is 0.101. The third-order valence-electron chi connectivity index (χ3n) is 11.3. The molecular formula is C50H42N4. The molecule has 262 valence electrons. The van der Waals surface area contributed by atoms with Gasteiger partial charge < -0.3 is 0 Å². The van der Waals surface area contributed by atoms with Gasteiger partial charge in [0.05, 0.1) is 5.69 Å². The maximum Gasteiger partial charge on any atom is 0.164 e. The smallest absolute Gasteiger partial charge is 0.164 e. The number of aromatic nitrogens is 4. The van der Waals surface area contributed by atoms with Crippen molar-refractivity contribution in [2.45, 2.75) is 51.4 Å². The summed E-state index contributed by atoms with van der Waals surface area (Å²) in [5.74, 6) is 1.90. The van der Waals surface area contributed by atoms with Gasteiger partial charge in [0.2, 0.25) is 0 Å². The van der Waals surface area contributed by atoms with E-state index < -0.39 is 0 Å². The van der Waals surface area contributed by atoms with Crippen LogP contribution in [0.2, 0.25) is 0 Å². The largest absolute Gasteiger partial charge is 0.256 e. The molecule has 6 aromatic carbocycles. The van der Waals surface area contributed by atoms with Crippen molar-refractivity contribution >= 4 is 10.8 Å². The molecule has 0 unspecified atom stereocenters. The number of hydrogen-bond acceptors (Lipinski definition) is 4. The molecule has 0 spiro atoms. The molecule has 0 fully saturated rings. The van der Waals surface area contributed by atoms with Crippen molar-refractivity contribution in [1.29, 1.82) is 0 Å². The van der Waals surface area contributed by atoms with E-state index in [0.29, 0.717) is 17.5 Å². The molecule has 0 saturated heterocycles. The second-order valence-electron chi connectivity index (χ2n) is 15.8. The average Bonchev–Trinajstić information content (AvgIpc) is 3.22. The summed E-state index contributed by atoms with van der Waals surface area (Å²) in [7, 11) is 0. The van der Waals surface area contributed by atoms with Crippen molar-refractivity contribution in [2.24, 2.45) is 0 Å². The predicted octanol–water partition coefficient (Wildman–Crippen LogP) is 12.8. The maximum absolute atomic E-state index is 5.30. The topological polar surface area (TPSA) is 51.6 Å². The zero-order valence-corrected chi connectivity index (χ0v) is 31.2. The lowest BCUT2D eigenvalue weighted by Gasteiger charge is -2.42. The van der Waals surface area contributed by atoms with E-state index in [0.717, 1.165) is 55.4 Å². The number of rotatable bonds is 6. The Hall–Kier alpha value is -6.26. The third-order valence-corrected chi connectivity index (χ3v) is 11.3. The van der Waals surface area contributed by atoms with Crippen molar-refractivity contribution in [3.63, 3.8) is 0 Å². The average molecular weight is 699 g/mol. The zero-order valence-electron chi connectivity index (χ0n) is 31.2. The fraction of sp³-hybridized carbons (Fsp3) is 0.160. The van der Waals surface area contributed by atoms with Gasteiger partial charge in [-0.25, -0.2) is 15.0 Å². The lowest BCUT2D eigenvalue weighted by Crippen LogP contribution is -2.33. The minimum Gasteiger partial charge on any atom is -0.256 e. The molecule has 1 aliphatic carbocycles. The van der Waals surface area contributed by atoms with Gasteiger partial charge in [-0.1, -0.05) is 143 Å². The molecule has 9 rings (SSSR count). The SMILES string of the molecule is CC1(C)CCC(C)(C)c2cc(-c3cc(-c4ccccc4)cc(-c4nc(-c5ccccc5)nc(-c5ccc(-c6ccccn6)c6ccccc56)n4)c3)ccc21. The number of nitrogens with zero attached hydrogens (tertiary/aromatic N) is 4. The number of fused-ring (bicyclic) bond motifs is 2. The third kappa shape index (κ3) is 6.18. The van der Waals surface area contributed by atoms with E-state index in [2.05, 4.69) is 154 Å². The molecule has 0 saturated carbocycles. The van der Waals surface area contributed by atoms with Crippen molar-refractivity contribution in [1.82, 2.24) is 19.9 Å². The molecular weight excluding hydrogens is 657 g/mol. The molecule has 2 aromatic heterocycles. The Balaban J connectivity index is 1.26. The van der Waals surface area contributed by atoms with Crippen LogP contribution < -0.4 is 0 Å². The minimum absolute atomic E-state index is 0.101. The summed E-state index contributed by atoms with van der Waals surface area (Å²) in [6.45, 7) is 9.54. The molecule has 1 aliphatic rings. The van der Waals surface area contributed by atoms with Crippen LogP contribution in [0.15, 0.2) is 158 Å². The maximum atomic E-state index is 5.30. The normalized spacial score (nSPS) is 14.4. The molecule has 54 heavy (non-hydrogen) atoms. The van der Waals surface area contributed by atoms with E-state index in [1.54, 1.807) is 0 Å². The first-order valence-corrected chi connectivity index (χ1v) is 18.8. The van der Waals surface area contributed by atoms with Crippen LogP contribution in [0.1, 0.15) is 51.7 Å². The van der Waals surface area contributed by atoms with Crippen LogP contribution in [0, 0.1) is 0 Å². The van der Waals surface area contributed by atoms with Gasteiger partial charge in [0.1, 0.15) is 0 Å². The standard InChI is InChI=1S/C50H42N4/c1-49(2)26-27-50(3,4)44-32-35(22-25-43(44)49)37-29-36(33-15-7-5-8-16-33)30-38(31-37)47-52-46(34-17-9-6-10-18-34)53-48(54-47)42-24-23-41(45-21-13-14-28-51-45)39-19-11-12-20-40(39)42/h5-25,28-32H,26-27H2,1-4H3. The fourth-order valence-electron chi connectivity index (χ4n) is 8.07. The Morgan fingerprint density at radius 2 is 0.926 bits per heavy atom. The van der Waals surface area contributed by atoms with Crippen LogP contribution in [0.3, 0.4) is 0 Å². The predicted molar refractivity (Wildman–Crippen MR) is 223 cm³/mol. The van der Waals surface area contributed by atoms with Crippen LogP contribution in [0.25, 0.3) is 78.4 Å². The van der Waals surface area contributed by atoms with E-state index in [9.17, 15) is 0 Å². The van der Waals surface area contributed by atoms with Crippen LogP contribution in [0.4, 0.5) is 0 Å². The molecule has 0 amide bonds. The van der Waals surface area contributed by atoms with Crippen molar-refractivity contribution in [2.75, 3.05) is 0 Å². The number of hydrogen-bond donors (Lipinski definition) is 0. The number of benzene rings is 6. The first-order chi connectivity index (χ1) is 26.2. The molecule has 4 nitrogen and oxygen atoms in total. The van der Waals surface area contributed by atoms with E-state index >= 15 is 0 Å². The second-order valence-corrected chi connectivity index (χ2v) is 15.8. The quantitative estimate of drug-likeness (QED) is 0.173. The van der Waals surface area contributed by atoms with Gasteiger partial charge in [0, 0.05) is 28.5 Å². The molecule has 8 aromatic rings. The Morgan fingerprint density at radius 1 is 0.389 bits per heavy atom. The summed E-state index contributed by atoms with van der Waals surface area (Å²) in [6.07, 6.45) is 4.19. The lowest BCUT2D eigenvalue weighted by atomic mass is 9.63. The highest BCUT2D eigenvalue weighted by Crippen LogP contribution is 2.47. The molecule has 0 bridgehead atoms. The van der Waals surface area contributed by atoms with E-state index in [1.165, 1.54) is 29.5 Å². The molecule has 0 aliphatic heterocycles. The van der Waals surface area contributed by atoms with Gasteiger partial charge in [-0.3, -0.25) is 4.98 Å². The van der Waals surface area contributed by atoms with Crippen molar-refractivity contribution < 1.29 is 0 Å². The van der Waals surface area contributed by atoms with Crippen LogP contribution in [-0.2, 0) is 10.8 Å². The summed E-state index contributed by atoms with van der Waals surface area (Å²) in [4.78, 5) is 20.3. The van der Waals surface area contributed by atoms with Gasteiger partial charge in [-0.15, -0.1) is 0 Å². The fourth-order valence-corrected chi connectivity index (χ4v) is 8.07. The van der Waals surface area contributed by atoms with Crippen LogP contribution in [-0.4, -0.2) is 19.9 Å². The first-order valence-electron chi connectivity index (χ1n) is 18.8. The monoisotopic (exact) mass is 698 g/mol. The van der Waals surface area contributed by atoms with Gasteiger partial charge >= 0.3 is 0 Å². The van der Waals surface area contributed by atoms with Gasteiger partial charge in [-0.2, -0.15) is 0 Å². The summed E-state index contributed by atoms with van der Waals surface area (Å²) in [5, 5.41) is 2.17. The molecule has 0 radical (unpaired) electrons. The van der Waals surface area contributed by atoms with E-state index in [-0.39, 0.29) is 10.8 Å².